The van der Waals surface area contributed by atoms with Crippen LogP contribution in [0.5, 0.6) is 0 Å². The SMILES string of the molecule is CCCCCCCCCCCCCCCCCCOCCOCCOCCOCCOCCOCCOCCOCCOCCOCCNC(=O)COCC(=O)O. The Labute approximate surface area is 345 Å². The number of carbonyl (C=O) groups excluding carboxylic acids is 1. The van der Waals surface area contributed by atoms with Gasteiger partial charge >= 0.3 is 5.97 Å². The van der Waals surface area contributed by atoms with Crippen LogP contribution in [0.3, 0.4) is 0 Å². The molecule has 0 saturated carbocycles. The molecule has 0 aromatic heterocycles. The van der Waals surface area contributed by atoms with E-state index in [1.807, 2.05) is 0 Å². The smallest absolute Gasteiger partial charge is 0.329 e. The van der Waals surface area contributed by atoms with Gasteiger partial charge in [-0.05, 0) is 6.42 Å². The van der Waals surface area contributed by atoms with Crippen molar-refractivity contribution in [1.29, 1.82) is 0 Å². The number of rotatable bonds is 51. The second-order valence-corrected chi connectivity index (χ2v) is 13.7. The summed E-state index contributed by atoms with van der Waals surface area (Å²) in [4.78, 5) is 21.7. The second kappa shape index (κ2) is 50.6. The average Bonchev–Trinajstić information content (AvgIpc) is 3.20. The van der Waals surface area contributed by atoms with Gasteiger partial charge in [-0.2, -0.15) is 0 Å². The van der Waals surface area contributed by atoms with Crippen LogP contribution in [0.25, 0.3) is 0 Å². The van der Waals surface area contributed by atoms with E-state index in [0.29, 0.717) is 132 Å². The Morgan fingerprint density at radius 2 is 0.596 bits per heavy atom. The van der Waals surface area contributed by atoms with Crippen LogP contribution in [0.1, 0.15) is 110 Å². The fourth-order valence-electron chi connectivity index (χ4n) is 5.38. The van der Waals surface area contributed by atoms with Gasteiger partial charge in [0.2, 0.25) is 5.91 Å². The zero-order valence-electron chi connectivity index (χ0n) is 35.8. The van der Waals surface area contributed by atoms with Gasteiger partial charge in [-0.3, -0.25) is 4.79 Å². The van der Waals surface area contributed by atoms with E-state index in [0.717, 1.165) is 13.0 Å². The number of amides is 1. The van der Waals surface area contributed by atoms with Crippen molar-refractivity contribution in [3.63, 3.8) is 0 Å². The van der Waals surface area contributed by atoms with E-state index in [1.54, 1.807) is 0 Å². The molecular weight excluding hydrogens is 742 g/mol. The largest absolute Gasteiger partial charge is 0.480 e. The number of nitrogens with one attached hydrogen (secondary N) is 1. The lowest BCUT2D eigenvalue weighted by Gasteiger charge is -2.09. The number of carboxylic acids is 1. The lowest BCUT2D eigenvalue weighted by Crippen LogP contribution is -2.31. The molecule has 0 atom stereocenters. The summed E-state index contributed by atoms with van der Waals surface area (Å²) in [5.74, 6) is -1.51. The van der Waals surface area contributed by atoms with Gasteiger partial charge in [-0.15, -0.1) is 0 Å². The minimum absolute atomic E-state index is 0.299. The van der Waals surface area contributed by atoms with Gasteiger partial charge in [-0.1, -0.05) is 103 Å². The summed E-state index contributed by atoms with van der Waals surface area (Å²) in [5.41, 5.74) is 0. The molecule has 0 aromatic rings. The molecule has 57 heavy (non-hydrogen) atoms. The first-order valence-electron chi connectivity index (χ1n) is 22.0. The third-order valence-corrected chi connectivity index (χ3v) is 8.52. The van der Waals surface area contributed by atoms with Crippen LogP contribution in [0.15, 0.2) is 0 Å². The van der Waals surface area contributed by atoms with Crippen molar-refractivity contribution < 1.29 is 66.8 Å². The summed E-state index contributed by atoms with van der Waals surface area (Å²) in [7, 11) is 0. The lowest BCUT2D eigenvalue weighted by atomic mass is 10.0. The molecule has 1 amide bonds. The van der Waals surface area contributed by atoms with Crippen LogP contribution in [-0.2, 0) is 61.7 Å². The van der Waals surface area contributed by atoms with Gasteiger partial charge in [0.1, 0.15) is 13.2 Å². The molecule has 0 unspecified atom stereocenters. The molecule has 0 radical (unpaired) electrons. The summed E-state index contributed by atoms with van der Waals surface area (Å²) in [6.07, 6.45) is 22.1. The van der Waals surface area contributed by atoms with Gasteiger partial charge in [0.25, 0.3) is 0 Å². The molecule has 15 nitrogen and oxygen atoms in total. The first-order valence-corrected chi connectivity index (χ1v) is 22.0. The number of hydrogen-bond donors (Lipinski definition) is 2. The van der Waals surface area contributed by atoms with Gasteiger partial charge in [0.15, 0.2) is 0 Å². The Morgan fingerprint density at radius 3 is 0.895 bits per heavy atom. The number of ether oxygens (including phenoxy) is 11. The zero-order valence-corrected chi connectivity index (χ0v) is 35.8. The van der Waals surface area contributed by atoms with E-state index in [2.05, 4.69) is 17.0 Å². The Bertz CT molecular complexity index is 798. The summed E-state index contributed by atoms with van der Waals surface area (Å²) in [6.45, 7) is 11.9. The van der Waals surface area contributed by atoms with Crippen LogP contribution >= 0.6 is 0 Å². The van der Waals surface area contributed by atoms with Crippen molar-refractivity contribution in [2.45, 2.75) is 110 Å². The van der Waals surface area contributed by atoms with Crippen LogP contribution in [0, 0.1) is 0 Å². The first-order chi connectivity index (χ1) is 28.2. The van der Waals surface area contributed by atoms with E-state index < -0.39 is 18.5 Å². The molecule has 340 valence electrons. The van der Waals surface area contributed by atoms with Crippen molar-refractivity contribution in [2.75, 3.05) is 152 Å². The van der Waals surface area contributed by atoms with Crippen LogP contribution in [0.4, 0.5) is 0 Å². The number of hydrogen-bond acceptors (Lipinski definition) is 13. The summed E-state index contributed by atoms with van der Waals surface area (Å²) < 4.78 is 59.7. The lowest BCUT2D eigenvalue weighted by molar-refractivity contribution is -0.143. The Hall–Kier alpha value is -1.50. The van der Waals surface area contributed by atoms with E-state index >= 15 is 0 Å². The van der Waals surface area contributed by atoms with Gasteiger partial charge in [0.05, 0.1) is 126 Å². The Morgan fingerprint density at radius 1 is 0.333 bits per heavy atom. The highest BCUT2D eigenvalue weighted by molar-refractivity contribution is 5.77. The maximum atomic E-state index is 11.4. The quantitative estimate of drug-likeness (QED) is 0.0725. The van der Waals surface area contributed by atoms with Crippen molar-refractivity contribution in [3.8, 4) is 0 Å². The molecule has 0 heterocycles. The summed E-state index contributed by atoms with van der Waals surface area (Å²) >= 11 is 0. The van der Waals surface area contributed by atoms with Gasteiger partial charge in [0, 0.05) is 13.2 Å². The van der Waals surface area contributed by atoms with Gasteiger partial charge in [-0.25, -0.2) is 4.79 Å². The summed E-state index contributed by atoms with van der Waals surface area (Å²) in [6, 6.07) is 0. The highest BCUT2D eigenvalue weighted by atomic mass is 16.6. The van der Waals surface area contributed by atoms with E-state index in [4.69, 9.17) is 52.5 Å². The normalized spacial score (nSPS) is 11.5. The molecule has 15 heteroatoms. The average molecular weight is 826 g/mol. The molecule has 0 aromatic carbocycles. The van der Waals surface area contributed by atoms with Crippen LogP contribution in [-0.4, -0.2) is 169 Å². The van der Waals surface area contributed by atoms with Crippen molar-refractivity contribution in [2.24, 2.45) is 0 Å². The first kappa shape index (κ1) is 55.5. The fraction of sp³-hybridized carbons (Fsp3) is 0.952. The topological polar surface area (TPSA) is 168 Å². The second-order valence-electron chi connectivity index (χ2n) is 13.7. The molecule has 0 fully saturated rings. The highest BCUT2D eigenvalue weighted by Gasteiger charge is 2.03. The molecule has 0 aliphatic heterocycles. The number of carbonyl (C=O) groups is 2. The van der Waals surface area contributed by atoms with Crippen molar-refractivity contribution in [1.82, 2.24) is 5.32 Å². The van der Waals surface area contributed by atoms with E-state index in [1.165, 1.54) is 96.3 Å². The zero-order chi connectivity index (χ0) is 41.2. The monoisotopic (exact) mass is 826 g/mol. The molecule has 0 spiro atoms. The Kier molecular flexibility index (Phi) is 49.3. The fourth-order valence-corrected chi connectivity index (χ4v) is 5.38. The van der Waals surface area contributed by atoms with Crippen LogP contribution in [0.2, 0.25) is 0 Å². The molecular formula is C42H83NO14. The summed E-state index contributed by atoms with van der Waals surface area (Å²) in [5, 5.41) is 11.0. The number of aliphatic carboxylic acids is 1. The Balaban J connectivity index is 3.09. The van der Waals surface area contributed by atoms with Crippen molar-refractivity contribution >= 4 is 11.9 Å². The molecule has 2 N–H and O–H groups in total. The maximum Gasteiger partial charge on any atom is 0.329 e. The molecule has 0 aliphatic rings. The maximum absolute atomic E-state index is 11.4. The number of unbranched alkanes of at least 4 members (excludes halogenated alkanes) is 15. The predicted molar refractivity (Wildman–Crippen MR) is 219 cm³/mol. The minimum Gasteiger partial charge on any atom is -0.480 e. The van der Waals surface area contributed by atoms with Crippen molar-refractivity contribution in [3.05, 3.63) is 0 Å². The molecule has 0 bridgehead atoms. The molecule has 0 aliphatic carbocycles. The van der Waals surface area contributed by atoms with E-state index in [-0.39, 0.29) is 6.61 Å². The van der Waals surface area contributed by atoms with Gasteiger partial charge < -0.3 is 62.5 Å². The number of carboxylic acid groups (broad SMARTS) is 1. The minimum atomic E-state index is -1.12. The van der Waals surface area contributed by atoms with E-state index in [9.17, 15) is 9.59 Å². The van der Waals surface area contributed by atoms with Crippen LogP contribution < -0.4 is 5.32 Å². The highest BCUT2D eigenvalue weighted by Crippen LogP contribution is 2.13. The standard InChI is InChI=1S/C42H83NO14/c1-2-3-4-5-6-7-8-9-10-11-12-13-14-15-16-17-19-47-21-23-49-25-27-51-29-31-53-33-35-55-37-38-56-36-34-54-32-30-52-28-26-50-24-22-48-20-18-43-41(44)39-57-40-42(45)46/h2-40H2,1H3,(H,43,44)(H,45,46). The molecule has 0 rings (SSSR count). The third-order valence-electron chi connectivity index (χ3n) is 8.52. The third kappa shape index (κ3) is 52.5. The predicted octanol–water partition coefficient (Wildman–Crippen LogP) is 5.63. The molecule has 0 saturated heterocycles.